The highest BCUT2D eigenvalue weighted by atomic mass is 16.5. The molecule has 0 spiro atoms. The topological polar surface area (TPSA) is 61.8 Å². The van der Waals surface area contributed by atoms with Crippen molar-refractivity contribution in [1.29, 1.82) is 0 Å². The van der Waals surface area contributed by atoms with Crippen LogP contribution in [-0.4, -0.2) is 25.2 Å². The smallest absolute Gasteiger partial charge is 0.334 e. The van der Waals surface area contributed by atoms with E-state index >= 15 is 0 Å². The Kier molecular flexibility index (Phi) is 6.18. The van der Waals surface area contributed by atoms with Crippen LogP contribution >= 0.6 is 0 Å². The quantitative estimate of drug-likeness (QED) is 0.611. The molecule has 2 rings (SSSR count). The number of hydrogen-bond donors (Lipinski definition) is 0. The second kappa shape index (κ2) is 8.34. The van der Waals surface area contributed by atoms with Gasteiger partial charge in [0.1, 0.15) is 17.4 Å². The van der Waals surface area contributed by atoms with Crippen molar-refractivity contribution in [1.82, 2.24) is 0 Å². The molecule has 1 atom stereocenters. The zero-order valence-electron chi connectivity index (χ0n) is 14.2. The first-order valence-corrected chi connectivity index (χ1v) is 7.93. The number of benzene rings is 1. The zero-order valence-corrected chi connectivity index (χ0v) is 14.2. The predicted molar refractivity (Wildman–Crippen MR) is 88.9 cm³/mol. The summed E-state index contributed by atoms with van der Waals surface area (Å²) < 4.78 is 15.8. The molecule has 128 valence electrons. The van der Waals surface area contributed by atoms with Crippen LogP contribution in [-0.2, 0) is 23.8 Å². The van der Waals surface area contributed by atoms with Gasteiger partial charge >= 0.3 is 11.9 Å². The molecule has 24 heavy (non-hydrogen) atoms. The van der Waals surface area contributed by atoms with Crippen LogP contribution in [0.3, 0.4) is 0 Å². The molecule has 0 aliphatic carbocycles. The minimum absolute atomic E-state index is 0.194. The molecule has 0 bridgehead atoms. The first kappa shape index (κ1) is 17.8. The van der Waals surface area contributed by atoms with Crippen molar-refractivity contribution in [2.24, 2.45) is 0 Å². The van der Waals surface area contributed by atoms with Crippen molar-refractivity contribution in [3.8, 4) is 0 Å². The highest BCUT2D eigenvalue weighted by molar-refractivity contribution is 5.83. The SMILES string of the molecule is COC(=O)C(C1=CCC/C(=C\C(=O)OC(C)C)O1)c1ccccc1. The summed E-state index contributed by atoms with van der Waals surface area (Å²) in [7, 11) is 1.35. The Labute approximate surface area is 141 Å². The Bertz CT molecular complexity index is 643. The second-order valence-electron chi connectivity index (χ2n) is 5.71. The Balaban J connectivity index is 2.22. The summed E-state index contributed by atoms with van der Waals surface area (Å²) in [5.74, 6) is -0.541. The van der Waals surface area contributed by atoms with Gasteiger partial charge in [-0.3, -0.25) is 4.79 Å². The van der Waals surface area contributed by atoms with Crippen LogP contribution in [0.25, 0.3) is 0 Å². The molecule has 1 unspecified atom stereocenters. The fourth-order valence-electron chi connectivity index (χ4n) is 2.46. The highest BCUT2D eigenvalue weighted by Crippen LogP contribution is 2.32. The number of carbonyl (C=O) groups is 2. The van der Waals surface area contributed by atoms with Crippen molar-refractivity contribution in [3.63, 3.8) is 0 Å². The molecule has 1 heterocycles. The summed E-state index contributed by atoms with van der Waals surface area (Å²) in [6, 6.07) is 9.27. The van der Waals surface area contributed by atoms with E-state index in [-0.39, 0.29) is 6.10 Å². The molecule has 1 aromatic rings. The third kappa shape index (κ3) is 4.72. The van der Waals surface area contributed by atoms with E-state index in [1.165, 1.54) is 13.2 Å². The van der Waals surface area contributed by atoms with E-state index in [0.29, 0.717) is 24.4 Å². The van der Waals surface area contributed by atoms with Gasteiger partial charge in [0, 0.05) is 6.42 Å². The summed E-state index contributed by atoms with van der Waals surface area (Å²) in [5.41, 5.74) is 0.779. The molecule has 0 N–H and O–H groups in total. The average Bonchev–Trinajstić information content (AvgIpc) is 2.55. The standard InChI is InChI=1S/C19H22O5/c1-13(2)23-17(20)12-15-10-7-11-16(24-15)18(19(21)22-3)14-8-5-4-6-9-14/h4-6,8-9,11-13,18H,7,10H2,1-3H3/b15-12+. The van der Waals surface area contributed by atoms with E-state index < -0.39 is 17.9 Å². The van der Waals surface area contributed by atoms with Crippen LogP contribution in [0, 0.1) is 0 Å². The number of carbonyl (C=O) groups excluding carboxylic acids is 2. The lowest BCUT2D eigenvalue weighted by molar-refractivity contribution is -0.142. The normalized spacial score (nSPS) is 17.0. The molecular formula is C19H22O5. The number of allylic oxidation sites excluding steroid dienone is 2. The monoisotopic (exact) mass is 330 g/mol. The lowest BCUT2D eigenvalue weighted by Crippen LogP contribution is -2.20. The summed E-state index contributed by atoms with van der Waals surface area (Å²) in [6.07, 6.45) is 4.27. The molecule has 5 nitrogen and oxygen atoms in total. The van der Waals surface area contributed by atoms with Crippen molar-refractivity contribution < 1.29 is 23.8 Å². The predicted octanol–water partition coefficient (Wildman–Crippen LogP) is 3.47. The maximum atomic E-state index is 12.2. The Hall–Kier alpha value is -2.56. The van der Waals surface area contributed by atoms with Crippen molar-refractivity contribution in [2.45, 2.75) is 38.7 Å². The number of esters is 2. The van der Waals surface area contributed by atoms with E-state index in [1.54, 1.807) is 13.8 Å². The van der Waals surface area contributed by atoms with E-state index in [2.05, 4.69) is 0 Å². The summed E-state index contributed by atoms with van der Waals surface area (Å²) >= 11 is 0. The Morgan fingerprint density at radius 1 is 1.21 bits per heavy atom. The Morgan fingerprint density at radius 3 is 2.54 bits per heavy atom. The minimum Gasteiger partial charge on any atom is -0.468 e. The van der Waals surface area contributed by atoms with Crippen molar-refractivity contribution >= 4 is 11.9 Å². The third-order valence-corrected chi connectivity index (χ3v) is 3.47. The van der Waals surface area contributed by atoms with Crippen molar-refractivity contribution in [2.75, 3.05) is 7.11 Å². The van der Waals surface area contributed by atoms with Crippen molar-refractivity contribution in [3.05, 3.63) is 59.6 Å². The fourth-order valence-corrected chi connectivity index (χ4v) is 2.46. The summed E-state index contributed by atoms with van der Waals surface area (Å²) in [4.78, 5) is 24.0. The van der Waals surface area contributed by atoms with Crippen LogP contribution in [0.2, 0.25) is 0 Å². The zero-order chi connectivity index (χ0) is 17.5. The van der Waals surface area contributed by atoms with Gasteiger partial charge in [-0.05, 0) is 31.9 Å². The number of methoxy groups -OCH3 is 1. The van der Waals surface area contributed by atoms with Gasteiger partial charge in [-0.1, -0.05) is 30.3 Å². The summed E-state index contributed by atoms with van der Waals surface area (Å²) in [6.45, 7) is 3.57. The van der Waals surface area contributed by atoms with Crippen LogP contribution in [0.15, 0.2) is 54.0 Å². The molecule has 0 fully saturated rings. The van der Waals surface area contributed by atoms with Gasteiger partial charge in [-0.25, -0.2) is 4.79 Å². The molecule has 0 amide bonds. The second-order valence-corrected chi connectivity index (χ2v) is 5.71. The minimum atomic E-state index is -0.652. The summed E-state index contributed by atoms with van der Waals surface area (Å²) in [5, 5.41) is 0. The van der Waals surface area contributed by atoms with Gasteiger partial charge in [-0.15, -0.1) is 0 Å². The first-order chi connectivity index (χ1) is 11.5. The van der Waals surface area contributed by atoms with Crippen LogP contribution in [0.1, 0.15) is 38.2 Å². The molecule has 0 aromatic heterocycles. The van der Waals surface area contributed by atoms with E-state index in [4.69, 9.17) is 14.2 Å². The molecule has 5 heteroatoms. The number of hydrogen-bond acceptors (Lipinski definition) is 5. The Morgan fingerprint density at radius 2 is 1.92 bits per heavy atom. The van der Waals surface area contributed by atoms with Crippen LogP contribution in [0.5, 0.6) is 0 Å². The van der Waals surface area contributed by atoms with E-state index in [1.807, 2.05) is 36.4 Å². The van der Waals surface area contributed by atoms with Gasteiger partial charge < -0.3 is 14.2 Å². The molecule has 1 aliphatic rings. The molecule has 0 saturated carbocycles. The lowest BCUT2D eigenvalue weighted by Gasteiger charge is -2.23. The number of ether oxygens (including phenoxy) is 3. The molecular weight excluding hydrogens is 308 g/mol. The maximum absolute atomic E-state index is 12.2. The molecule has 0 saturated heterocycles. The third-order valence-electron chi connectivity index (χ3n) is 3.47. The van der Waals surface area contributed by atoms with Crippen LogP contribution < -0.4 is 0 Å². The highest BCUT2D eigenvalue weighted by Gasteiger charge is 2.29. The fraction of sp³-hybridized carbons (Fsp3) is 0.368. The van der Waals surface area contributed by atoms with Crippen LogP contribution in [0.4, 0.5) is 0 Å². The lowest BCUT2D eigenvalue weighted by atomic mass is 9.95. The maximum Gasteiger partial charge on any atom is 0.334 e. The van der Waals surface area contributed by atoms with Gasteiger partial charge in [0.2, 0.25) is 0 Å². The average molecular weight is 330 g/mol. The largest absolute Gasteiger partial charge is 0.468 e. The van der Waals surface area contributed by atoms with E-state index in [9.17, 15) is 9.59 Å². The molecule has 0 radical (unpaired) electrons. The number of rotatable bonds is 5. The van der Waals surface area contributed by atoms with Gasteiger partial charge in [0.25, 0.3) is 0 Å². The van der Waals surface area contributed by atoms with Gasteiger partial charge in [0.15, 0.2) is 0 Å². The molecule has 1 aliphatic heterocycles. The first-order valence-electron chi connectivity index (χ1n) is 7.93. The van der Waals surface area contributed by atoms with Gasteiger partial charge in [-0.2, -0.15) is 0 Å². The van der Waals surface area contributed by atoms with E-state index in [0.717, 1.165) is 5.56 Å². The molecule has 1 aromatic carbocycles. The van der Waals surface area contributed by atoms with Gasteiger partial charge in [0.05, 0.1) is 19.3 Å².